The molecule has 1 rings (SSSR count). The Hall–Kier alpha value is -1.17. The molecule has 0 amide bonds. The molecule has 1 aromatic carbocycles. The molecule has 0 radical (unpaired) electrons. The summed E-state index contributed by atoms with van der Waals surface area (Å²) >= 11 is 5.68. The number of nitro groups is 1. The lowest BCUT2D eigenvalue weighted by Gasteiger charge is -2.08. The van der Waals surface area contributed by atoms with Crippen molar-refractivity contribution >= 4 is 17.3 Å². The molecule has 0 spiro atoms. The van der Waals surface area contributed by atoms with E-state index in [1.165, 1.54) is 25.2 Å². The van der Waals surface area contributed by atoms with Gasteiger partial charge in [0.1, 0.15) is 0 Å². The first-order valence-electron chi connectivity index (χ1n) is 3.83. The molecule has 0 saturated carbocycles. The van der Waals surface area contributed by atoms with Crippen LogP contribution in [0.3, 0.4) is 0 Å². The van der Waals surface area contributed by atoms with Crippen molar-refractivity contribution in [3.63, 3.8) is 0 Å². The summed E-state index contributed by atoms with van der Waals surface area (Å²) in [6.07, 6.45) is 0. The second kappa shape index (κ2) is 4.36. The van der Waals surface area contributed by atoms with E-state index < -0.39 is 4.92 Å². The van der Waals surface area contributed by atoms with Crippen LogP contribution in [0.4, 0.5) is 5.69 Å². The Kier molecular flexibility index (Phi) is 3.40. The van der Waals surface area contributed by atoms with Gasteiger partial charge in [0.15, 0.2) is 0 Å². The molecule has 0 aliphatic heterocycles. The predicted octanol–water partition coefficient (Wildman–Crippen LogP) is 2.07. The Morgan fingerprint density at radius 3 is 2.79 bits per heavy atom. The fourth-order valence-corrected chi connectivity index (χ4v) is 1.30. The summed E-state index contributed by atoms with van der Waals surface area (Å²) in [5, 5.41) is 20.8. The topological polar surface area (TPSA) is 66.6 Å². The summed E-state index contributed by atoms with van der Waals surface area (Å²) in [6.45, 7) is 0.0663. The van der Waals surface area contributed by atoms with Gasteiger partial charge < -0.3 is 5.21 Å². The zero-order chi connectivity index (χ0) is 10.7. The summed E-state index contributed by atoms with van der Waals surface area (Å²) in [6, 6.07) is 4.23. The number of nitro benzene ring substituents is 1. The minimum absolute atomic E-state index is 0.0460. The molecule has 0 unspecified atom stereocenters. The molecule has 0 saturated heterocycles. The molecule has 0 aliphatic rings. The van der Waals surface area contributed by atoms with Gasteiger partial charge in [-0.3, -0.25) is 10.1 Å². The fourth-order valence-electron chi connectivity index (χ4n) is 1.11. The molecule has 0 bridgehead atoms. The lowest BCUT2D eigenvalue weighted by Crippen LogP contribution is -2.12. The first-order valence-corrected chi connectivity index (χ1v) is 4.21. The van der Waals surface area contributed by atoms with Crippen LogP contribution in [0.1, 0.15) is 5.56 Å². The lowest BCUT2D eigenvalue weighted by molar-refractivity contribution is -0.386. The molecule has 1 N–H and O–H groups in total. The molecule has 0 heterocycles. The van der Waals surface area contributed by atoms with Crippen molar-refractivity contribution in [2.24, 2.45) is 0 Å². The highest BCUT2D eigenvalue weighted by Gasteiger charge is 2.14. The molecule has 0 aromatic heterocycles. The van der Waals surface area contributed by atoms with Crippen molar-refractivity contribution in [1.29, 1.82) is 0 Å². The number of nitrogens with zero attached hydrogens (tertiary/aromatic N) is 2. The minimum atomic E-state index is -0.505. The first kappa shape index (κ1) is 10.9. The van der Waals surface area contributed by atoms with Crippen molar-refractivity contribution in [3.05, 3.63) is 38.9 Å². The predicted molar refractivity (Wildman–Crippen MR) is 51.4 cm³/mol. The molecule has 0 aliphatic carbocycles. The maximum Gasteiger partial charge on any atom is 0.274 e. The number of hydroxylamine groups is 2. The lowest BCUT2D eigenvalue weighted by atomic mass is 10.2. The summed E-state index contributed by atoms with van der Waals surface area (Å²) in [4.78, 5) is 10.1. The molecule has 0 fully saturated rings. The minimum Gasteiger partial charge on any atom is -0.314 e. The highest BCUT2D eigenvalue weighted by molar-refractivity contribution is 6.30. The van der Waals surface area contributed by atoms with E-state index in [-0.39, 0.29) is 12.2 Å². The van der Waals surface area contributed by atoms with Crippen LogP contribution in [0.25, 0.3) is 0 Å². The van der Waals surface area contributed by atoms with Gasteiger partial charge in [-0.25, -0.2) is 0 Å². The molecule has 14 heavy (non-hydrogen) atoms. The number of hydrogen-bond donors (Lipinski definition) is 1. The van der Waals surface area contributed by atoms with Gasteiger partial charge in [-0.15, -0.1) is 0 Å². The number of halogens is 1. The molecular formula is C8H9ClN2O3. The van der Waals surface area contributed by atoms with Crippen molar-refractivity contribution in [2.75, 3.05) is 7.05 Å². The molecule has 1 aromatic rings. The second-order valence-corrected chi connectivity index (χ2v) is 3.28. The summed E-state index contributed by atoms with van der Waals surface area (Å²) < 4.78 is 0. The zero-order valence-corrected chi connectivity index (χ0v) is 8.23. The van der Waals surface area contributed by atoms with Gasteiger partial charge in [0.25, 0.3) is 5.69 Å². The maximum absolute atomic E-state index is 10.6. The largest absolute Gasteiger partial charge is 0.314 e. The van der Waals surface area contributed by atoms with Gasteiger partial charge >= 0.3 is 0 Å². The van der Waals surface area contributed by atoms with Gasteiger partial charge in [-0.05, 0) is 12.1 Å². The summed E-state index contributed by atoms with van der Waals surface area (Å²) in [7, 11) is 1.41. The van der Waals surface area contributed by atoms with Gasteiger partial charge in [0, 0.05) is 23.7 Å². The van der Waals surface area contributed by atoms with Crippen LogP contribution in [0, 0.1) is 10.1 Å². The first-order chi connectivity index (χ1) is 6.50. The van der Waals surface area contributed by atoms with Crippen LogP contribution < -0.4 is 0 Å². The number of rotatable bonds is 3. The monoisotopic (exact) mass is 216 g/mol. The summed E-state index contributed by atoms with van der Waals surface area (Å²) in [5.74, 6) is 0. The van der Waals surface area contributed by atoms with Crippen LogP contribution in [-0.2, 0) is 6.54 Å². The van der Waals surface area contributed by atoms with Crippen LogP contribution in [0.15, 0.2) is 18.2 Å². The normalized spacial score (nSPS) is 10.6. The fraction of sp³-hybridized carbons (Fsp3) is 0.250. The van der Waals surface area contributed by atoms with Crippen molar-refractivity contribution in [1.82, 2.24) is 5.06 Å². The third-order valence-corrected chi connectivity index (χ3v) is 1.87. The highest BCUT2D eigenvalue weighted by Crippen LogP contribution is 2.23. The average Bonchev–Trinajstić information content (AvgIpc) is 2.01. The number of benzene rings is 1. The standard InChI is InChI=1S/C8H9ClN2O3/c1-10(12)5-6-4-7(9)2-3-8(6)11(13)14/h2-4,12H,5H2,1H3. The van der Waals surface area contributed by atoms with E-state index in [1.54, 1.807) is 0 Å². The van der Waals surface area contributed by atoms with Crippen molar-refractivity contribution < 1.29 is 10.1 Å². The van der Waals surface area contributed by atoms with Crippen LogP contribution in [0.2, 0.25) is 5.02 Å². The molecule has 76 valence electrons. The van der Waals surface area contributed by atoms with E-state index in [9.17, 15) is 10.1 Å². The Morgan fingerprint density at radius 2 is 2.29 bits per heavy atom. The molecule has 0 atom stereocenters. The van der Waals surface area contributed by atoms with E-state index in [1.807, 2.05) is 0 Å². The van der Waals surface area contributed by atoms with Crippen molar-refractivity contribution in [3.8, 4) is 0 Å². The molecular weight excluding hydrogens is 208 g/mol. The highest BCUT2D eigenvalue weighted by atomic mass is 35.5. The maximum atomic E-state index is 10.6. The Morgan fingerprint density at radius 1 is 1.64 bits per heavy atom. The Balaban J connectivity index is 3.09. The van der Waals surface area contributed by atoms with Crippen LogP contribution >= 0.6 is 11.6 Å². The van der Waals surface area contributed by atoms with Crippen LogP contribution in [0.5, 0.6) is 0 Å². The number of hydrogen-bond acceptors (Lipinski definition) is 4. The Labute approximate surface area is 85.6 Å². The summed E-state index contributed by atoms with van der Waals surface area (Å²) in [5.41, 5.74) is 0.336. The van der Waals surface area contributed by atoms with E-state index in [2.05, 4.69) is 0 Å². The van der Waals surface area contributed by atoms with Gasteiger partial charge in [-0.1, -0.05) is 11.6 Å². The quantitative estimate of drug-likeness (QED) is 0.621. The third kappa shape index (κ3) is 2.66. The van der Waals surface area contributed by atoms with Crippen LogP contribution in [-0.4, -0.2) is 22.2 Å². The van der Waals surface area contributed by atoms with E-state index in [0.717, 1.165) is 5.06 Å². The second-order valence-electron chi connectivity index (χ2n) is 2.85. The zero-order valence-electron chi connectivity index (χ0n) is 7.48. The van der Waals surface area contributed by atoms with Gasteiger partial charge in [0.2, 0.25) is 0 Å². The SMILES string of the molecule is CN(O)Cc1cc(Cl)ccc1[N+](=O)[O-]. The van der Waals surface area contributed by atoms with E-state index >= 15 is 0 Å². The molecule has 5 nitrogen and oxygen atoms in total. The van der Waals surface area contributed by atoms with E-state index in [4.69, 9.17) is 16.8 Å². The van der Waals surface area contributed by atoms with Gasteiger partial charge in [-0.2, -0.15) is 5.06 Å². The van der Waals surface area contributed by atoms with Crippen molar-refractivity contribution in [2.45, 2.75) is 6.54 Å². The molecule has 6 heteroatoms. The Bertz CT molecular complexity index is 354. The van der Waals surface area contributed by atoms with E-state index in [0.29, 0.717) is 10.6 Å². The third-order valence-electron chi connectivity index (χ3n) is 1.64. The smallest absolute Gasteiger partial charge is 0.274 e. The van der Waals surface area contributed by atoms with Gasteiger partial charge in [0.05, 0.1) is 11.5 Å². The average molecular weight is 217 g/mol.